The molecule has 0 fully saturated rings. The van der Waals surface area contributed by atoms with E-state index in [1.807, 2.05) is 31.2 Å². The second kappa shape index (κ2) is 7.33. The van der Waals surface area contributed by atoms with E-state index in [9.17, 15) is 9.59 Å². The monoisotopic (exact) mass is 389 g/mol. The average molecular weight is 390 g/mol. The SMILES string of the molecule is Cc1ccc(Cl)cc1NC(=O)c1ccc(-c2cc3ccccc3oc2=O)cc1. The normalized spacial score (nSPS) is 10.8. The van der Waals surface area contributed by atoms with E-state index in [0.29, 0.717) is 33.0 Å². The number of carbonyl (C=O) groups is 1. The van der Waals surface area contributed by atoms with E-state index in [1.54, 1.807) is 48.5 Å². The van der Waals surface area contributed by atoms with Gasteiger partial charge in [0.25, 0.3) is 5.91 Å². The van der Waals surface area contributed by atoms with Crippen LogP contribution in [0.3, 0.4) is 0 Å². The van der Waals surface area contributed by atoms with Gasteiger partial charge in [-0.15, -0.1) is 0 Å². The number of amides is 1. The van der Waals surface area contributed by atoms with Crippen molar-refractivity contribution in [2.75, 3.05) is 5.32 Å². The van der Waals surface area contributed by atoms with Crippen LogP contribution in [-0.4, -0.2) is 5.91 Å². The van der Waals surface area contributed by atoms with Crippen LogP contribution in [0.5, 0.6) is 0 Å². The van der Waals surface area contributed by atoms with Crippen molar-refractivity contribution in [1.29, 1.82) is 0 Å². The number of benzene rings is 3. The van der Waals surface area contributed by atoms with E-state index in [1.165, 1.54) is 0 Å². The van der Waals surface area contributed by atoms with Gasteiger partial charge >= 0.3 is 5.63 Å². The molecule has 1 aromatic heterocycles. The largest absolute Gasteiger partial charge is 0.422 e. The van der Waals surface area contributed by atoms with E-state index >= 15 is 0 Å². The van der Waals surface area contributed by atoms with Crippen LogP contribution < -0.4 is 10.9 Å². The van der Waals surface area contributed by atoms with Gasteiger partial charge in [0.1, 0.15) is 5.58 Å². The van der Waals surface area contributed by atoms with Crippen molar-refractivity contribution in [3.63, 3.8) is 0 Å². The molecule has 1 amide bonds. The number of hydrogen-bond acceptors (Lipinski definition) is 3. The summed E-state index contributed by atoms with van der Waals surface area (Å²) >= 11 is 6.00. The number of anilines is 1. The van der Waals surface area contributed by atoms with E-state index < -0.39 is 5.63 Å². The second-order valence-corrected chi connectivity index (χ2v) is 6.91. The van der Waals surface area contributed by atoms with Gasteiger partial charge in [-0.3, -0.25) is 4.79 Å². The number of rotatable bonds is 3. The maximum Gasteiger partial charge on any atom is 0.344 e. The van der Waals surface area contributed by atoms with Crippen LogP contribution in [0.4, 0.5) is 5.69 Å². The molecule has 138 valence electrons. The van der Waals surface area contributed by atoms with Crippen molar-refractivity contribution in [1.82, 2.24) is 0 Å². The number of para-hydroxylation sites is 1. The average Bonchev–Trinajstić information content (AvgIpc) is 2.70. The van der Waals surface area contributed by atoms with E-state index in [0.717, 1.165) is 10.9 Å². The fourth-order valence-corrected chi connectivity index (χ4v) is 3.16. The van der Waals surface area contributed by atoms with Crippen LogP contribution in [0.25, 0.3) is 22.1 Å². The molecule has 28 heavy (non-hydrogen) atoms. The van der Waals surface area contributed by atoms with Gasteiger partial charge in [0.15, 0.2) is 0 Å². The first kappa shape index (κ1) is 18.0. The molecular weight excluding hydrogens is 374 g/mol. The molecular formula is C23H16ClNO3. The van der Waals surface area contributed by atoms with Crippen LogP contribution >= 0.6 is 11.6 Å². The molecule has 0 saturated carbocycles. The van der Waals surface area contributed by atoms with E-state index in [4.69, 9.17) is 16.0 Å². The zero-order chi connectivity index (χ0) is 19.7. The lowest BCUT2D eigenvalue weighted by Gasteiger charge is -2.09. The Morgan fingerprint density at radius 3 is 2.50 bits per heavy atom. The minimum absolute atomic E-state index is 0.248. The van der Waals surface area contributed by atoms with Crippen molar-refractivity contribution in [2.45, 2.75) is 6.92 Å². The number of hydrogen-bond donors (Lipinski definition) is 1. The molecule has 5 heteroatoms. The van der Waals surface area contributed by atoms with Crippen molar-refractivity contribution in [3.05, 3.63) is 99.4 Å². The van der Waals surface area contributed by atoms with Crippen molar-refractivity contribution >= 4 is 34.2 Å². The molecule has 4 aromatic rings. The van der Waals surface area contributed by atoms with Gasteiger partial charge < -0.3 is 9.73 Å². The zero-order valence-corrected chi connectivity index (χ0v) is 15.8. The highest BCUT2D eigenvalue weighted by Crippen LogP contribution is 2.23. The summed E-state index contributed by atoms with van der Waals surface area (Å²) in [4.78, 5) is 24.8. The van der Waals surface area contributed by atoms with Crippen LogP contribution in [0.2, 0.25) is 5.02 Å². The second-order valence-electron chi connectivity index (χ2n) is 6.48. The summed E-state index contributed by atoms with van der Waals surface area (Å²) in [6.07, 6.45) is 0. The Bertz CT molecular complexity index is 1240. The predicted octanol–water partition coefficient (Wildman–Crippen LogP) is 5.67. The molecule has 0 aliphatic heterocycles. The van der Waals surface area contributed by atoms with Crippen LogP contribution in [0, 0.1) is 6.92 Å². The fourth-order valence-electron chi connectivity index (χ4n) is 2.99. The molecule has 3 aromatic carbocycles. The summed E-state index contributed by atoms with van der Waals surface area (Å²) < 4.78 is 5.38. The summed E-state index contributed by atoms with van der Waals surface area (Å²) in [5.41, 5.74) is 3.34. The summed E-state index contributed by atoms with van der Waals surface area (Å²) in [7, 11) is 0. The first-order valence-electron chi connectivity index (χ1n) is 8.72. The minimum atomic E-state index is -0.412. The Balaban J connectivity index is 1.62. The van der Waals surface area contributed by atoms with E-state index in [-0.39, 0.29) is 5.91 Å². The first-order valence-corrected chi connectivity index (χ1v) is 9.10. The van der Waals surface area contributed by atoms with Gasteiger partial charge in [0.05, 0.1) is 5.56 Å². The lowest BCUT2D eigenvalue weighted by atomic mass is 10.0. The minimum Gasteiger partial charge on any atom is -0.422 e. The third-order valence-electron chi connectivity index (χ3n) is 4.55. The molecule has 0 spiro atoms. The molecule has 0 radical (unpaired) electrons. The van der Waals surface area contributed by atoms with Crippen molar-refractivity contribution in [2.24, 2.45) is 0 Å². The lowest BCUT2D eigenvalue weighted by molar-refractivity contribution is 0.102. The van der Waals surface area contributed by atoms with Gasteiger partial charge in [-0.25, -0.2) is 4.79 Å². The van der Waals surface area contributed by atoms with Crippen LogP contribution in [-0.2, 0) is 0 Å². The third-order valence-corrected chi connectivity index (χ3v) is 4.78. The Morgan fingerprint density at radius 2 is 1.71 bits per heavy atom. The standard InChI is InChI=1S/C23H16ClNO3/c1-14-6-11-18(24)13-20(14)25-22(26)16-9-7-15(8-10-16)19-12-17-4-2-3-5-21(17)28-23(19)27/h2-13H,1H3,(H,25,26). The topological polar surface area (TPSA) is 59.3 Å². The Hall–Kier alpha value is -3.37. The molecule has 0 atom stereocenters. The maximum absolute atomic E-state index is 12.5. The smallest absolute Gasteiger partial charge is 0.344 e. The van der Waals surface area contributed by atoms with E-state index in [2.05, 4.69) is 5.32 Å². The molecule has 0 saturated heterocycles. The fraction of sp³-hybridized carbons (Fsp3) is 0.0435. The Morgan fingerprint density at radius 1 is 0.964 bits per heavy atom. The molecule has 0 bridgehead atoms. The summed E-state index contributed by atoms with van der Waals surface area (Å²) in [6, 6.07) is 21.3. The van der Waals surface area contributed by atoms with Gasteiger partial charge in [0, 0.05) is 21.7 Å². The van der Waals surface area contributed by atoms with Gasteiger partial charge in [-0.1, -0.05) is 48.0 Å². The highest BCUT2D eigenvalue weighted by Gasteiger charge is 2.11. The van der Waals surface area contributed by atoms with Crippen molar-refractivity contribution in [3.8, 4) is 11.1 Å². The lowest BCUT2D eigenvalue weighted by Crippen LogP contribution is -2.12. The molecule has 0 aliphatic rings. The number of carbonyl (C=O) groups excluding carboxylic acids is 1. The molecule has 4 nitrogen and oxygen atoms in total. The summed E-state index contributed by atoms with van der Waals surface area (Å²) in [6.45, 7) is 1.90. The quantitative estimate of drug-likeness (QED) is 0.459. The van der Waals surface area contributed by atoms with Crippen molar-refractivity contribution < 1.29 is 9.21 Å². The molecule has 1 N–H and O–H groups in total. The Kier molecular flexibility index (Phi) is 4.72. The van der Waals surface area contributed by atoms with Gasteiger partial charge in [0.2, 0.25) is 0 Å². The van der Waals surface area contributed by atoms with Crippen LogP contribution in [0.15, 0.2) is 82.0 Å². The third kappa shape index (κ3) is 3.55. The highest BCUT2D eigenvalue weighted by atomic mass is 35.5. The van der Waals surface area contributed by atoms with Gasteiger partial charge in [-0.2, -0.15) is 0 Å². The Labute approximate surface area is 166 Å². The molecule has 1 heterocycles. The summed E-state index contributed by atoms with van der Waals surface area (Å²) in [5.74, 6) is -0.248. The summed E-state index contributed by atoms with van der Waals surface area (Å²) in [5, 5.41) is 4.26. The predicted molar refractivity (Wildman–Crippen MR) is 112 cm³/mol. The molecule has 0 unspecified atom stereocenters. The van der Waals surface area contributed by atoms with Gasteiger partial charge in [-0.05, 0) is 54.4 Å². The number of aryl methyl sites for hydroxylation is 1. The zero-order valence-electron chi connectivity index (χ0n) is 15.0. The van der Waals surface area contributed by atoms with Crippen LogP contribution in [0.1, 0.15) is 15.9 Å². The number of fused-ring (bicyclic) bond motifs is 1. The highest BCUT2D eigenvalue weighted by molar-refractivity contribution is 6.31. The molecule has 0 aliphatic carbocycles. The number of halogens is 1. The maximum atomic E-state index is 12.5. The number of nitrogens with one attached hydrogen (secondary N) is 1. The first-order chi connectivity index (χ1) is 13.5. The molecule has 4 rings (SSSR count).